The van der Waals surface area contributed by atoms with E-state index in [1.54, 1.807) is 0 Å². The average Bonchev–Trinajstić information content (AvgIpc) is 2.12. The fourth-order valence-corrected chi connectivity index (χ4v) is 0.596. The van der Waals surface area contributed by atoms with E-state index in [1.807, 2.05) is 0 Å². The summed E-state index contributed by atoms with van der Waals surface area (Å²) in [4.78, 5) is 31.8. The molecule has 0 heterocycles. The Kier molecular flexibility index (Phi) is 4.16. The van der Waals surface area contributed by atoms with Gasteiger partial charge in [0.05, 0.1) is 13.0 Å². The van der Waals surface area contributed by atoms with E-state index >= 15 is 0 Å². The number of carbonyl (C=O) groups is 3. The smallest absolute Gasteiger partial charge is 0.375 e. The fourth-order valence-electron chi connectivity index (χ4n) is 0.596. The number of ketones is 2. The molecule has 0 rings (SSSR count). The molecule has 4 nitrogen and oxygen atoms in total. The zero-order valence-electron chi connectivity index (χ0n) is 7.04. The Morgan fingerprint density at radius 1 is 1.23 bits per heavy atom. The second kappa shape index (κ2) is 4.64. The second-order valence-corrected chi connectivity index (χ2v) is 2.28. The topological polar surface area (TPSA) is 60.4 Å². The molecule has 0 radical (unpaired) electrons. The molecule has 0 aliphatic heterocycles. The number of hydrogen-bond acceptors (Lipinski definition) is 4. The Bertz CT molecular complexity index is 237. The molecule has 74 valence electrons. The predicted molar refractivity (Wildman–Crippen MR) is 37.2 cm³/mol. The van der Waals surface area contributed by atoms with Crippen LogP contribution in [0.15, 0.2) is 0 Å². The van der Waals surface area contributed by atoms with Crippen LogP contribution in [0.4, 0.5) is 8.78 Å². The lowest BCUT2D eigenvalue weighted by Gasteiger charge is -2.05. The highest BCUT2D eigenvalue weighted by Crippen LogP contribution is 2.07. The zero-order valence-corrected chi connectivity index (χ0v) is 7.04. The number of halogens is 2. The van der Waals surface area contributed by atoms with Gasteiger partial charge in [-0.25, -0.2) is 13.6 Å². The normalized spacial score (nSPS) is 12.4. The van der Waals surface area contributed by atoms with Crippen molar-refractivity contribution in [2.45, 2.75) is 13.3 Å². The van der Waals surface area contributed by atoms with E-state index in [9.17, 15) is 23.2 Å². The van der Waals surface area contributed by atoms with E-state index < -0.39 is 29.9 Å². The third-order valence-electron chi connectivity index (χ3n) is 1.42. The van der Waals surface area contributed by atoms with Crippen molar-refractivity contribution in [1.82, 2.24) is 0 Å². The van der Waals surface area contributed by atoms with Gasteiger partial charge in [0.25, 0.3) is 6.43 Å². The highest BCUT2D eigenvalue weighted by Gasteiger charge is 2.32. The summed E-state index contributed by atoms with van der Waals surface area (Å²) in [6, 6.07) is 0. The van der Waals surface area contributed by atoms with Crippen LogP contribution in [-0.4, -0.2) is 31.1 Å². The lowest BCUT2D eigenvalue weighted by atomic mass is 10.0. The van der Waals surface area contributed by atoms with E-state index in [0.29, 0.717) is 0 Å². The zero-order chi connectivity index (χ0) is 10.6. The minimum Gasteiger partial charge on any atom is -0.463 e. The van der Waals surface area contributed by atoms with E-state index in [2.05, 4.69) is 4.74 Å². The van der Waals surface area contributed by atoms with Gasteiger partial charge in [0, 0.05) is 0 Å². The molecule has 6 heteroatoms. The van der Waals surface area contributed by atoms with Gasteiger partial charge >= 0.3 is 5.97 Å². The van der Waals surface area contributed by atoms with Crippen molar-refractivity contribution in [2.75, 3.05) is 7.11 Å². The molecular weight excluding hydrogens is 186 g/mol. The van der Waals surface area contributed by atoms with Crippen molar-refractivity contribution in [3.63, 3.8) is 0 Å². The van der Waals surface area contributed by atoms with Crippen LogP contribution in [0.2, 0.25) is 0 Å². The summed E-state index contributed by atoms with van der Waals surface area (Å²) in [6.45, 7) is 0.938. The van der Waals surface area contributed by atoms with Crippen molar-refractivity contribution in [3.8, 4) is 0 Å². The molecule has 0 saturated carbocycles. The highest BCUT2D eigenvalue weighted by atomic mass is 19.3. The van der Waals surface area contributed by atoms with Crippen LogP contribution in [-0.2, 0) is 19.1 Å². The highest BCUT2D eigenvalue weighted by molar-refractivity contribution is 6.38. The molecule has 0 bridgehead atoms. The van der Waals surface area contributed by atoms with Gasteiger partial charge in [-0.05, 0) is 6.92 Å². The minimum atomic E-state index is -3.25. The molecule has 1 unspecified atom stereocenters. The second-order valence-electron chi connectivity index (χ2n) is 2.28. The van der Waals surface area contributed by atoms with Gasteiger partial charge in [-0.1, -0.05) is 0 Å². The quantitative estimate of drug-likeness (QED) is 0.364. The van der Waals surface area contributed by atoms with Crippen LogP contribution in [0.5, 0.6) is 0 Å². The number of carbonyl (C=O) groups excluding carboxylic acids is 3. The van der Waals surface area contributed by atoms with Crippen LogP contribution in [0, 0.1) is 5.92 Å². The first-order chi connectivity index (χ1) is 5.91. The molecule has 1 atom stereocenters. The summed E-state index contributed by atoms with van der Waals surface area (Å²) in [5.74, 6) is -5.77. The summed E-state index contributed by atoms with van der Waals surface area (Å²) in [5.41, 5.74) is 0. The summed E-state index contributed by atoms with van der Waals surface area (Å²) in [5, 5.41) is 0. The van der Waals surface area contributed by atoms with Gasteiger partial charge in [-0.3, -0.25) is 9.59 Å². The van der Waals surface area contributed by atoms with Gasteiger partial charge in [0.15, 0.2) is 0 Å². The third-order valence-corrected chi connectivity index (χ3v) is 1.42. The first-order valence-corrected chi connectivity index (χ1v) is 3.35. The van der Waals surface area contributed by atoms with Crippen molar-refractivity contribution in [1.29, 1.82) is 0 Å². The maximum atomic E-state index is 11.8. The standard InChI is InChI=1S/C7H8F2O4/c1-3(4(10)6(8)9)5(11)7(12)13-2/h3,6H,1-2H3. The summed E-state index contributed by atoms with van der Waals surface area (Å²) in [6.07, 6.45) is -3.25. The Hall–Kier alpha value is -1.33. The SMILES string of the molecule is COC(=O)C(=O)C(C)C(=O)C(F)F. The Morgan fingerprint density at radius 3 is 2.00 bits per heavy atom. The lowest BCUT2D eigenvalue weighted by molar-refractivity contribution is -0.156. The first-order valence-electron chi connectivity index (χ1n) is 3.35. The Morgan fingerprint density at radius 2 is 1.69 bits per heavy atom. The van der Waals surface area contributed by atoms with Crippen LogP contribution in [0.3, 0.4) is 0 Å². The Balaban J connectivity index is 4.43. The molecule has 0 amide bonds. The molecule has 0 aliphatic rings. The van der Waals surface area contributed by atoms with Crippen molar-refractivity contribution in [2.24, 2.45) is 5.92 Å². The number of esters is 1. The lowest BCUT2D eigenvalue weighted by Crippen LogP contribution is -2.32. The number of rotatable bonds is 4. The van der Waals surface area contributed by atoms with Gasteiger partial charge in [-0.15, -0.1) is 0 Å². The summed E-state index contributed by atoms with van der Waals surface area (Å²) >= 11 is 0. The molecule has 0 saturated heterocycles. The maximum absolute atomic E-state index is 11.8. The molecule has 0 N–H and O–H groups in total. The van der Waals surface area contributed by atoms with Gasteiger partial charge in [0.2, 0.25) is 11.6 Å². The van der Waals surface area contributed by atoms with Crippen LogP contribution in [0.1, 0.15) is 6.92 Å². The molecule has 0 aromatic heterocycles. The van der Waals surface area contributed by atoms with E-state index in [0.717, 1.165) is 14.0 Å². The van der Waals surface area contributed by atoms with Crippen LogP contribution >= 0.6 is 0 Å². The van der Waals surface area contributed by atoms with Gasteiger partial charge in [-0.2, -0.15) is 0 Å². The third kappa shape index (κ3) is 2.89. The molecule has 0 aromatic carbocycles. The molecular formula is C7H8F2O4. The minimum absolute atomic E-state index is 0.930. The number of methoxy groups -OCH3 is 1. The number of Topliss-reactive ketones (excluding diaryl/α,β-unsaturated/α-hetero) is 2. The van der Waals surface area contributed by atoms with Gasteiger partial charge in [0.1, 0.15) is 0 Å². The Labute approximate surface area is 72.9 Å². The molecule has 0 fully saturated rings. The number of ether oxygens (including phenoxy) is 1. The molecule has 0 spiro atoms. The van der Waals surface area contributed by atoms with Crippen LogP contribution < -0.4 is 0 Å². The fraction of sp³-hybridized carbons (Fsp3) is 0.571. The van der Waals surface area contributed by atoms with Crippen molar-refractivity contribution < 1.29 is 27.9 Å². The summed E-state index contributed by atoms with van der Waals surface area (Å²) in [7, 11) is 0.930. The van der Waals surface area contributed by atoms with E-state index in [4.69, 9.17) is 0 Å². The number of alkyl halides is 2. The maximum Gasteiger partial charge on any atom is 0.375 e. The largest absolute Gasteiger partial charge is 0.463 e. The van der Waals surface area contributed by atoms with Crippen molar-refractivity contribution >= 4 is 17.5 Å². The van der Waals surface area contributed by atoms with E-state index in [-0.39, 0.29) is 0 Å². The average molecular weight is 194 g/mol. The molecule has 0 aliphatic carbocycles. The number of hydrogen-bond donors (Lipinski definition) is 0. The van der Waals surface area contributed by atoms with Crippen molar-refractivity contribution in [3.05, 3.63) is 0 Å². The van der Waals surface area contributed by atoms with E-state index in [1.165, 1.54) is 0 Å². The molecule has 0 aromatic rings. The molecule has 13 heavy (non-hydrogen) atoms. The van der Waals surface area contributed by atoms with Crippen LogP contribution in [0.25, 0.3) is 0 Å². The first kappa shape index (κ1) is 11.7. The summed E-state index contributed by atoms with van der Waals surface area (Å²) < 4.78 is 27.5. The van der Waals surface area contributed by atoms with Gasteiger partial charge < -0.3 is 4.74 Å². The predicted octanol–water partition coefficient (Wildman–Crippen LogP) is 0.199. The monoisotopic (exact) mass is 194 g/mol.